The quantitative estimate of drug-likeness (QED) is 0.128. The molecule has 0 aliphatic rings. The van der Waals surface area contributed by atoms with Crippen molar-refractivity contribution in [2.45, 2.75) is 26.4 Å². The Balaban J connectivity index is 2.60. The van der Waals surface area contributed by atoms with E-state index in [1.807, 2.05) is 0 Å². The SMILES string of the molecule is CCOC(=O)c1ccccc1Nc1cc(Cl)ccc1/N=N/C(NC(=O)CCl)(C(=O)OCC)C(=O)OCC. The number of amides is 1. The molecule has 0 saturated heterocycles. The number of carbonyl (C=O) groups is 4. The third-order valence-corrected chi connectivity index (χ3v) is 5.02. The number of para-hydroxylation sites is 1. The van der Waals surface area contributed by atoms with Gasteiger partial charge in [-0.1, -0.05) is 23.7 Å². The van der Waals surface area contributed by atoms with E-state index in [0.29, 0.717) is 10.7 Å². The summed E-state index contributed by atoms with van der Waals surface area (Å²) in [5, 5.41) is 13.4. The molecular formula is C24H26Cl2N4O7. The summed E-state index contributed by atoms with van der Waals surface area (Å²) in [5.74, 6) is -4.45. The predicted octanol–water partition coefficient (Wildman–Crippen LogP) is 4.52. The number of hydrogen-bond donors (Lipinski definition) is 2. The standard InChI is InChI=1S/C24H26Cl2N4O7/c1-4-35-21(32)16-9-7-8-10-17(16)27-19-13-15(26)11-12-18(19)29-30-24(22(33)36-5-2,23(34)37-6-3)28-20(31)14-25/h7-13,27H,4-6,14H2,1-3H3,(H,28,31)/b30-29+. The summed E-state index contributed by atoms with van der Waals surface area (Å²) in [6.07, 6.45) is 0. The van der Waals surface area contributed by atoms with Gasteiger partial charge in [0.15, 0.2) is 0 Å². The van der Waals surface area contributed by atoms with E-state index in [9.17, 15) is 19.2 Å². The highest BCUT2D eigenvalue weighted by Gasteiger charge is 2.52. The average Bonchev–Trinajstić information content (AvgIpc) is 2.88. The number of azo groups is 1. The number of esters is 3. The zero-order chi connectivity index (χ0) is 27.4. The van der Waals surface area contributed by atoms with Gasteiger partial charge in [0.1, 0.15) is 11.6 Å². The van der Waals surface area contributed by atoms with Gasteiger partial charge >= 0.3 is 23.6 Å². The van der Waals surface area contributed by atoms with Gasteiger partial charge in [0.2, 0.25) is 5.91 Å². The van der Waals surface area contributed by atoms with Gasteiger partial charge in [-0.05, 0) is 51.1 Å². The van der Waals surface area contributed by atoms with Crippen molar-refractivity contribution in [3.05, 3.63) is 53.1 Å². The van der Waals surface area contributed by atoms with Gasteiger partial charge in [-0.2, -0.15) is 5.11 Å². The molecule has 0 heterocycles. The first-order chi connectivity index (χ1) is 17.7. The second-order valence-electron chi connectivity index (χ2n) is 7.09. The third-order valence-electron chi connectivity index (χ3n) is 4.54. The van der Waals surface area contributed by atoms with E-state index in [4.69, 9.17) is 37.4 Å². The minimum Gasteiger partial charge on any atom is -0.462 e. The second kappa shape index (κ2) is 14.1. The fraction of sp³-hybridized carbons (Fsp3) is 0.333. The smallest absolute Gasteiger partial charge is 0.369 e. The van der Waals surface area contributed by atoms with Crippen LogP contribution < -0.4 is 10.6 Å². The molecule has 0 bridgehead atoms. The normalized spacial score (nSPS) is 11.1. The van der Waals surface area contributed by atoms with Crippen LogP contribution in [-0.4, -0.2) is 55.2 Å². The van der Waals surface area contributed by atoms with E-state index < -0.39 is 35.4 Å². The number of anilines is 2. The van der Waals surface area contributed by atoms with Crippen molar-refractivity contribution in [3.8, 4) is 0 Å². The van der Waals surface area contributed by atoms with Crippen LogP contribution in [0, 0.1) is 0 Å². The van der Waals surface area contributed by atoms with E-state index in [2.05, 4.69) is 20.9 Å². The summed E-state index contributed by atoms with van der Waals surface area (Å²) in [7, 11) is 0. The Hall–Kier alpha value is -3.70. The number of alkyl halides is 1. The first-order valence-corrected chi connectivity index (χ1v) is 12.1. The summed E-state index contributed by atoms with van der Waals surface area (Å²) >= 11 is 11.8. The molecule has 0 aliphatic carbocycles. The molecule has 2 rings (SSSR count). The molecule has 13 heteroatoms. The number of rotatable bonds is 12. The van der Waals surface area contributed by atoms with E-state index in [1.165, 1.54) is 32.0 Å². The van der Waals surface area contributed by atoms with Crippen LogP contribution in [0.4, 0.5) is 17.1 Å². The first kappa shape index (κ1) is 29.5. The summed E-state index contributed by atoms with van der Waals surface area (Å²) < 4.78 is 15.1. The van der Waals surface area contributed by atoms with Crippen LogP contribution in [0.15, 0.2) is 52.7 Å². The van der Waals surface area contributed by atoms with Crippen molar-refractivity contribution in [1.82, 2.24) is 5.32 Å². The lowest BCUT2D eigenvalue weighted by molar-refractivity contribution is -0.167. The van der Waals surface area contributed by atoms with Gasteiger partial charge in [0.05, 0.1) is 36.8 Å². The van der Waals surface area contributed by atoms with Crippen molar-refractivity contribution in [2.24, 2.45) is 10.2 Å². The Morgan fingerprint density at radius 2 is 1.51 bits per heavy atom. The van der Waals surface area contributed by atoms with E-state index in [-0.39, 0.29) is 36.8 Å². The van der Waals surface area contributed by atoms with E-state index in [0.717, 1.165) is 0 Å². The highest BCUT2D eigenvalue weighted by molar-refractivity contribution is 6.31. The van der Waals surface area contributed by atoms with Gasteiger partial charge in [0.25, 0.3) is 0 Å². The molecule has 37 heavy (non-hydrogen) atoms. The maximum absolute atomic E-state index is 12.8. The van der Waals surface area contributed by atoms with Crippen molar-refractivity contribution in [2.75, 3.05) is 31.0 Å². The summed E-state index contributed by atoms with van der Waals surface area (Å²) in [4.78, 5) is 50.2. The van der Waals surface area contributed by atoms with E-state index in [1.54, 1.807) is 31.2 Å². The fourth-order valence-electron chi connectivity index (χ4n) is 2.95. The van der Waals surface area contributed by atoms with Crippen LogP contribution in [0.5, 0.6) is 0 Å². The Morgan fingerprint density at radius 3 is 2.11 bits per heavy atom. The molecule has 11 nitrogen and oxygen atoms in total. The summed E-state index contributed by atoms with van der Waals surface area (Å²) in [6, 6.07) is 11.0. The molecule has 0 atom stereocenters. The van der Waals surface area contributed by atoms with Gasteiger partial charge in [-0.25, -0.2) is 14.4 Å². The van der Waals surface area contributed by atoms with Crippen molar-refractivity contribution < 1.29 is 33.4 Å². The highest BCUT2D eigenvalue weighted by atomic mass is 35.5. The number of nitrogens with zero attached hydrogens (tertiary/aromatic N) is 2. The molecule has 0 fully saturated rings. The second-order valence-corrected chi connectivity index (χ2v) is 7.79. The Morgan fingerprint density at radius 1 is 0.892 bits per heavy atom. The Kier molecular flexibility index (Phi) is 11.3. The Labute approximate surface area is 223 Å². The largest absolute Gasteiger partial charge is 0.462 e. The van der Waals surface area contributed by atoms with Crippen LogP contribution in [0.2, 0.25) is 5.02 Å². The van der Waals surface area contributed by atoms with Crippen molar-refractivity contribution in [3.63, 3.8) is 0 Å². The zero-order valence-electron chi connectivity index (χ0n) is 20.4. The van der Waals surface area contributed by atoms with Gasteiger partial charge < -0.3 is 24.8 Å². The van der Waals surface area contributed by atoms with Gasteiger partial charge in [-0.15, -0.1) is 16.7 Å². The lowest BCUT2D eigenvalue weighted by Crippen LogP contribution is -2.60. The third kappa shape index (κ3) is 7.64. The summed E-state index contributed by atoms with van der Waals surface area (Å²) in [6.45, 7) is 4.65. The molecule has 0 spiro atoms. The molecular weight excluding hydrogens is 527 g/mol. The Bertz CT molecular complexity index is 1160. The number of hydrogen-bond acceptors (Lipinski definition) is 10. The van der Waals surface area contributed by atoms with Crippen LogP contribution in [-0.2, 0) is 28.6 Å². The van der Waals surface area contributed by atoms with Crippen molar-refractivity contribution >= 4 is 64.1 Å². The molecule has 0 aliphatic heterocycles. The number of benzene rings is 2. The molecule has 0 radical (unpaired) electrons. The topological polar surface area (TPSA) is 145 Å². The van der Waals surface area contributed by atoms with E-state index >= 15 is 0 Å². The molecule has 2 N–H and O–H groups in total. The fourth-order valence-corrected chi connectivity index (χ4v) is 3.19. The number of carbonyl (C=O) groups excluding carboxylic acids is 4. The van der Waals surface area contributed by atoms with Gasteiger partial charge in [0, 0.05) is 5.02 Å². The van der Waals surface area contributed by atoms with Gasteiger partial charge in [-0.3, -0.25) is 4.79 Å². The molecule has 198 valence electrons. The molecule has 1 amide bonds. The maximum atomic E-state index is 12.8. The summed E-state index contributed by atoms with van der Waals surface area (Å²) in [5.41, 5.74) is -1.68. The predicted molar refractivity (Wildman–Crippen MR) is 137 cm³/mol. The molecule has 0 unspecified atom stereocenters. The number of nitrogens with one attached hydrogen (secondary N) is 2. The number of ether oxygens (including phenoxy) is 3. The first-order valence-electron chi connectivity index (χ1n) is 11.2. The lowest BCUT2D eigenvalue weighted by Gasteiger charge is -2.24. The lowest BCUT2D eigenvalue weighted by atomic mass is 10.1. The minimum atomic E-state index is -2.66. The van der Waals surface area contributed by atoms with Crippen LogP contribution >= 0.6 is 23.2 Å². The highest BCUT2D eigenvalue weighted by Crippen LogP contribution is 2.33. The minimum absolute atomic E-state index is 0.0983. The average molecular weight is 553 g/mol. The maximum Gasteiger partial charge on any atom is 0.369 e. The van der Waals surface area contributed by atoms with Crippen LogP contribution in [0.1, 0.15) is 31.1 Å². The number of halogens is 2. The van der Waals surface area contributed by atoms with Crippen molar-refractivity contribution in [1.29, 1.82) is 0 Å². The monoisotopic (exact) mass is 552 g/mol. The molecule has 2 aromatic carbocycles. The molecule has 0 aromatic heterocycles. The molecule has 0 saturated carbocycles. The van der Waals surface area contributed by atoms with Crippen LogP contribution in [0.25, 0.3) is 0 Å². The zero-order valence-corrected chi connectivity index (χ0v) is 21.9. The van der Waals surface area contributed by atoms with Crippen LogP contribution in [0.3, 0.4) is 0 Å². The molecule has 2 aromatic rings.